The van der Waals surface area contributed by atoms with Crippen LogP contribution in [0, 0.1) is 0 Å². The van der Waals surface area contributed by atoms with Crippen LogP contribution in [0.1, 0.15) is 0 Å². The molecule has 3 N–H and O–H groups in total. The standard InChI is InChI=1S/C6H6Cl2F3NO2S/c7-3(6(9,10)11)4(8)15-1-2(12)5(13)14/h2H,1,12H2,(H,13,14)/b4-3-/t2-/m0/s1. The van der Waals surface area contributed by atoms with Crippen LogP contribution in [-0.4, -0.2) is 29.0 Å². The van der Waals surface area contributed by atoms with Crippen LogP contribution in [0.4, 0.5) is 13.2 Å². The lowest BCUT2D eigenvalue weighted by molar-refractivity contribution is -0.137. The van der Waals surface area contributed by atoms with Crippen molar-refractivity contribution in [3.63, 3.8) is 0 Å². The van der Waals surface area contributed by atoms with E-state index in [4.69, 9.17) is 34.0 Å². The Balaban J connectivity index is 4.37. The van der Waals surface area contributed by atoms with Crippen molar-refractivity contribution >= 4 is 40.9 Å². The van der Waals surface area contributed by atoms with Gasteiger partial charge in [-0.15, -0.1) is 11.8 Å². The van der Waals surface area contributed by atoms with Crippen molar-refractivity contribution in [3.8, 4) is 0 Å². The zero-order chi connectivity index (χ0) is 12.2. The average Bonchev–Trinajstić information content (AvgIpc) is 2.10. The van der Waals surface area contributed by atoms with E-state index in [0.717, 1.165) is 0 Å². The van der Waals surface area contributed by atoms with Crippen molar-refractivity contribution in [2.75, 3.05) is 5.75 Å². The molecule has 1 atom stereocenters. The lowest BCUT2D eigenvalue weighted by Crippen LogP contribution is -2.32. The summed E-state index contributed by atoms with van der Waals surface area (Å²) in [5.74, 6) is -1.62. The molecule has 0 aromatic carbocycles. The van der Waals surface area contributed by atoms with Crippen molar-refractivity contribution in [2.24, 2.45) is 5.73 Å². The monoisotopic (exact) mass is 283 g/mol. The largest absolute Gasteiger partial charge is 0.480 e. The van der Waals surface area contributed by atoms with Gasteiger partial charge in [-0.1, -0.05) is 23.2 Å². The maximum absolute atomic E-state index is 11.9. The molecule has 0 saturated heterocycles. The maximum Gasteiger partial charge on any atom is 0.428 e. The number of thioether (sulfide) groups is 1. The summed E-state index contributed by atoms with van der Waals surface area (Å²) in [5.41, 5.74) is 5.05. The molecule has 0 saturated carbocycles. The fraction of sp³-hybridized carbons (Fsp3) is 0.500. The molecule has 9 heteroatoms. The highest BCUT2D eigenvalue weighted by Crippen LogP contribution is 2.37. The second-order valence-electron chi connectivity index (χ2n) is 2.34. The van der Waals surface area contributed by atoms with Crippen LogP contribution in [0.15, 0.2) is 9.40 Å². The molecule has 0 aromatic heterocycles. The minimum atomic E-state index is -4.74. The number of carbonyl (C=O) groups is 1. The number of halogens is 5. The third-order valence-corrected chi connectivity index (χ3v) is 3.24. The van der Waals surface area contributed by atoms with Crippen LogP contribution in [0.2, 0.25) is 0 Å². The summed E-state index contributed by atoms with van der Waals surface area (Å²) in [6.07, 6.45) is -4.74. The Kier molecular flexibility index (Phi) is 5.79. The number of aliphatic carboxylic acids is 1. The minimum Gasteiger partial charge on any atom is -0.480 e. The van der Waals surface area contributed by atoms with E-state index < -0.39 is 27.6 Å². The fourth-order valence-electron chi connectivity index (χ4n) is 0.409. The number of alkyl halides is 3. The van der Waals surface area contributed by atoms with Crippen LogP contribution in [-0.2, 0) is 4.79 Å². The van der Waals surface area contributed by atoms with Crippen molar-refractivity contribution in [2.45, 2.75) is 12.2 Å². The first-order chi connectivity index (χ1) is 6.66. The summed E-state index contributed by atoms with van der Waals surface area (Å²) in [7, 11) is 0. The molecular formula is C6H6Cl2F3NO2S. The normalized spacial score (nSPS) is 15.9. The lowest BCUT2D eigenvalue weighted by atomic mass is 10.4. The van der Waals surface area contributed by atoms with E-state index in [-0.39, 0.29) is 5.75 Å². The van der Waals surface area contributed by atoms with Gasteiger partial charge in [0.15, 0.2) is 0 Å². The smallest absolute Gasteiger partial charge is 0.428 e. The molecule has 3 nitrogen and oxygen atoms in total. The van der Waals surface area contributed by atoms with E-state index in [1.54, 1.807) is 0 Å². The maximum atomic E-state index is 11.9. The van der Waals surface area contributed by atoms with E-state index in [9.17, 15) is 18.0 Å². The van der Waals surface area contributed by atoms with Gasteiger partial charge in [0.25, 0.3) is 0 Å². The Morgan fingerprint density at radius 1 is 1.47 bits per heavy atom. The molecule has 0 radical (unpaired) electrons. The number of rotatable bonds is 4. The molecule has 0 heterocycles. The van der Waals surface area contributed by atoms with Gasteiger partial charge in [0, 0.05) is 5.75 Å². The Morgan fingerprint density at radius 2 is 1.93 bits per heavy atom. The second kappa shape index (κ2) is 5.83. The number of carboxylic acid groups (broad SMARTS) is 1. The molecule has 0 aromatic rings. The zero-order valence-corrected chi connectivity index (χ0v) is 9.34. The molecule has 0 aliphatic rings. The van der Waals surface area contributed by atoms with Gasteiger partial charge < -0.3 is 10.8 Å². The van der Waals surface area contributed by atoms with E-state index in [1.165, 1.54) is 0 Å². The van der Waals surface area contributed by atoms with Gasteiger partial charge in [-0.25, -0.2) is 0 Å². The van der Waals surface area contributed by atoms with E-state index in [2.05, 4.69) is 0 Å². The fourth-order valence-corrected chi connectivity index (χ4v) is 1.58. The van der Waals surface area contributed by atoms with Gasteiger partial charge in [0.1, 0.15) is 11.1 Å². The molecule has 0 unspecified atom stereocenters. The van der Waals surface area contributed by atoms with Crippen LogP contribution in [0.3, 0.4) is 0 Å². The number of allylic oxidation sites excluding steroid dienone is 1. The summed E-state index contributed by atoms with van der Waals surface area (Å²) in [6.45, 7) is 0. The van der Waals surface area contributed by atoms with Crippen molar-refractivity contribution in [1.82, 2.24) is 0 Å². The van der Waals surface area contributed by atoms with E-state index >= 15 is 0 Å². The average molecular weight is 284 g/mol. The quantitative estimate of drug-likeness (QED) is 0.831. The van der Waals surface area contributed by atoms with Gasteiger partial charge in [0.05, 0.1) is 4.36 Å². The third-order valence-electron chi connectivity index (χ3n) is 1.13. The van der Waals surface area contributed by atoms with Crippen molar-refractivity contribution in [3.05, 3.63) is 9.40 Å². The zero-order valence-electron chi connectivity index (χ0n) is 7.02. The molecule has 0 spiro atoms. The summed E-state index contributed by atoms with van der Waals surface area (Å²) < 4.78 is 35.1. The molecule has 15 heavy (non-hydrogen) atoms. The second-order valence-corrected chi connectivity index (χ2v) is 4.35. The first-order valence-corrected chi connectivity index (χ1v) is 5.14. The molecule has 0 aliphatic heterocycles. The number of hydrogen-bond donors (Lipinski definition) is 2. The van der Waals surface area contributed by atoms with E-state index in [1.807, 2.05) is 0 Å². The summed E-state index contributed by atoms with van der Waals surface area (Å²) >= 11 is 10.5. The molecule has 0 rings (SSSR count). The van der Waals surface area contributed by atoms with Crippen LogP contribution in [0.5, 0.6) is 0 Å². The van der Waals surface area contributed by atoms with Crippen LogP contribution < -0.4 is 5.73 Å². The Morgan fingerprint density at radius 3 is 2.27 bits per heavy atom. The minimum absolute atomic E-state index is 0.291. The molecule has 0 fully saturated rings. The topological polar surface area (TPSA) is 63.3 Å². The van der Waals surface area contributed by atoms with Gasteiger partial charge in [-0.2, -0.15) is 13.2 Å². The van der Waals surface area contributed by atoms with Crippen LogP contribution in [0.25, 0.3) is 0 Å². The summed E-state index contributed by atoms with van der Waals surface area (Å²) in [4.78, 5) is 10.2. The predicted octanol–water partition coefficient (Wildman–Crippen LogP) is 2.34. The third kappa shape index (κ3) is 5.50. The Hall–Kier alpha value is -0.110. The highest BCUT2D eigenvalue weighted by atomic mass is 35.5. The Labute approximate surface area is 97.4 Å². The number of carboxylic acids is 1. The predicted molar refractivity (Wildman–Crippen MR) is 52.9 cm³/mol. The molecule has 88 valence electrons. The van der Waals surface area contributed by atoms with Crippen molar-refractivity contribution in [1.29, 1.82) is 0 Å². The first kappa shape index (κ1) is 14.9. The number of nitrogens with two attached hydrogens (primary N) is 1. The first-order valence-electron chi connectivity index (χ1n) is 3.40. The molecular weight excluding hydrogens is 278 g/mol. The highest BCUT2D eigenvalue weighted by molar-refractivity contribution is 8.04. The highest BCUT2D eigenvalue weighted by Gasteiger charge is 2.35. The van der Waals surface area contributed by atoms with E-state index in [0.29, 0.717) is 11.8 Å². The molecule has 0 bridgehead atoms. The van der Waals surface area contributed by atoms with Crippen LogP contribution >= 0.6 is 35.0 Å². The molecule has 0 aliphatic carbocycles. The lowest BCUT2D eigenvalue weighted by Gasteiger charge is -2.08. The number of hydrogen-bond acceptors (Lipinski definition) is 3. The van der Waals surface area contributed by atoms with Gasteiger partial charge >= 0.3 is 12.1 Å². The van der Waals surface area contributed by atoms with Gasteiger partial charge in [-0.05, 0) is 0 Å². The SMILES string of the molecule is N[C@@H](CS/C(Cl)=C(\Cl)C(F)(F)F)C(=O)O. The summed E-state index contributed by atoms with van der Waals surface area (Å²) in [5, 5.41) is 6.86. The van der Waals surface area contributed by atoms with Gasteiger partial charge in [-0.3, -0.25) is 4.79 Å². The van der Waals surface area contributed by atoms with Crippen molar-refractivity contribution < 1.29 is 23.1 Å². The molecule has 0 amide bonds. The van der Waals surface area contributed by atoms with Gasteiger partial charge in [0.2, 0.25) is 0 Å². The summed E-state index contributed by atoms with van der Waals surface area (Å²) in [6, 6.07) is -1.29. The Bertz CT molecular complexity index is 282.